The van der Waals surface area contributed by atoms with E-state index >= 15 is 0 Å². The molecule has 0 bridgehead atoms. The number of methoxy groups -OCH3 is 2. The summed E-state index contributed by atoms with van der Waals surface area (Å²) >= 11 is 0. The number of ether oxygens (including phenoxy) is 2. The van der Waals surface area contributed by atoms with E-state index in [0.29, 0.717) is 0 Å². The van der Waals surface area contributed by atoms with E-state index in [-0.39, 0.29) is 17.9 Å². The summed E-state index contributed by atoms with van der Waals surface area (Å²) in [5.41, 5.74) is 4.45. The van der Waals surface area contributed by atoms with E-state index in [9.17, 15) is 13.6 Å². The fraction of sp³-hybridized carbons (Fsp3) is 0.400. The summed E-state index contributed by atoms with van der Waals surface area (Å²) in [5, 5.41) is 0. The van der Waals surface area contributed by atoms with Crippen molar-refractivity contribution in [3.8, 4) is 5.75 Å². The number of nitrogens with zero attached hydrogens (tertiary/aromatic N) is 1. The van der Waals surface area contributed by atoms with Crippen LogP contribution in [0.1, 0.15) is 28.0 Å². The molecule has 94 valence electrons. The zero-order valence-electron chi connectivity index (χ0n) is 9.37. The Morgan fingerprint density at radius 2 is 2.18 bits per heavy atom. The van der Waals surface area contributed by atoms with Crippen LogP contribution in [0.2, 0.25) is 0 Å². The van der Waals surface area contributed by atoms with Crippen LogP contribution in [-0.2, 0) is 11.3 Å². The molecule has 1 heterocycles. The van der Waals surface area contributed by atoms with Crippen molar-refractivity contribution in [1.29, 1.82) is 0 Å². The van der Waals surface area contributed by atoms with E-state index in [1.807, 2.05) is 0 Å². The lowest BCUT2D eigenvalue weighted by molar-refractivity contribution is 0.0581. The quantitative estimate of drug-likeness (QED) is 0.810. The highest BCUT2D eigenvalue weighted by Crippen LogP contribution is 2.31. The first-order valence-electron chi connectivity index (χ1n) is 4.69. The van der Waals surface area contributed by atoms with E-state index in [4.69, 9.17) is 10.5 Å². The number of nitrogens with two attached hydrogens (primary N) is 1. The summed E-state index contributed by atoms with van der Waals surface area (Å²) in [7, 11) is 2.40. The van der Waals surface area contributed by atoms with E-state index in [2.05, 4.69) is 9.72 Å². The Hall–Kier alpha value is -1.76. The number of aromatic nitrogens is 1. The van der Waals surface area contributed by atoms with E-state index in [1.54, 1.807) is 0 Å². The van der Waals surface area contributed by atoms with Gasteiger partial charge in [-0.15, -0.1) is 0 Å². The molecule has 0 aliphatic carbocycles. The molecule has 0 atom stereocenters. The molecular formula is C10H12F2N2O3. The fourth-order valence-electron chi connectivity index (χ4n) is 1.43. The average Bonchev–Trinajstić information content (AvgIpc) is 2.35. The van der Waals surface area contributed by atoms with Crippen molar-refractivity contribution >= 4 is 5.97 Å². The molecule has 0 saturated carbocycles. The summed E-state index contributed by atoms with van der Waals surface area (Å²) in [4.78, 5) is 14.9. The monoisotopic (exact) mass is 246 g/mol. The van der Waals surface area contributed by atoms with Crippen LogP contribution in [-0.4, -0.2) is 25.2 Å². The Balaban J connectivity index is 3.47. The Bertz CT molecular complexity index is 424. The second-order valence-electron chi connectivity index (χ2n) is 3.06. The minimum absolute atomic E-state index is 0.0536. The normalized spacial score (nSPS) is 10.5. The maximum atomic E-state index is 12.9. The number of rotatable bonds is 4. The summed E-state index contributed by atoms with van der Waals surface area (Å²) in [6, 6.07) is 0. The highest BCUT2D eigenvalue weighted by atomic mass is 19.3. The standard InChI is InChI=1S/C10H12F2N2O3/c1-16-6-4-14-8(10(15)17-2)7(9(11)12)5(6)3-13/h4,9H,3,13H2,1-2H3. The van der Waals surface area contributed by atoms with Crippen LogP contribution in [0.3, 0.4) is 0 Å². The molecule has 2 N–H and O–H groups in total. The minimum atomic E-state index is -2.88. The Morgan fingerprint density at radius 3 is 2.59 bits per heavy atom. The number of carbonyl (C=O) groups excluding carboxylic acids is 1. The molecule has 0 fully saturated rings. The van der Waals surface area contributed by atoms with Crippen LogP contribution in [0, 0.1) is 0 Å². The van der Waals surface area contributed by atoms with Gasteiger partial charge in [0, 0.05) is 12.1 Å². The van der Waals surface area contributed by atoms with E-state index in [1.165, 1.54) is 13.3 Å². The van der Waals surface area contributed by atoms with Crippen molar-refractivity contribution in [3.63, 3.8) is 0 Å². The summed E-state index contributed by atoms with van der Waals surface area (Å²) < 4.78 is 35.1. The van der Waals surface area contributed by atoms with E-state index < -0.39 is 23.7 Å². The summed E-state index contributed by atoms with van der Waals surface area (Å²) in [6.07, 6.45) is -1.72. The first-order valence-corrected chi connectivity index (χ1v) is 4.69. The van der Waals surface area contributed by atoms with Gasteiger partial charge >= 0.3 is 5.97 Å². The SMILES string of the molecule is COC(=O)c1ncc(OC)c(CN)c1C(F)F. The third kappa shape index (κ3) is 2.50. The molecule has 0 radical (unpaired) electrons. The highest BCUT2D eigenvalue weighted by molar-refractivity contribution is 5.89. The molecule has 0 unspecified atom stereocenters. The van der Waals surface area contributed by atoms with Crippen molar-refractivity contribution in [2.45, 2.75) is 13.0 Å². The van der Waals surface area contributed by atoms with Gasteiger partial charge in [0.05, 0.1) is 26.0 Å². The molecule has 0 saturated heterocycles. The van der Waals surface area contributed by atoms with Crippen LogP contribution in [0.25, 0.3) is 0 Å². The lowest BCUT2D eigenvalue weighted by Gasteiger charge is -2.14. The number of alkyl halides is 2. The van der Waals surface area contributed by atoms with Crippen LogP contribution in [0.5, 0.6) is 5.75 Å². The molecule has 0 aromatic carbocycles. The van der Waals surface area contributed by atoms with Gasteiger partial charge < -0.3 is 15.2 Å². The van der Waals surface area contributed by atoms with Gasteiger partial charge in [0.15, 0.2) is 5.69 Å². The minimum Gasteiger partial charge on any atom is -0.495 e. The Kier molecular flexibility index (Phi) is 4.33. The van der Waals surface area contributed by atoms with Crippen LogP contribution >= 0.6 is 0 Å². The molecule has 1 aromatic rings. The largest absolute Gasteiger partial charge is 0.495 e. The summed E-state index contributed by atoms with van der Waals surface area (Å²) in [6.45, 7) is -0.185. The van der Waals surface area contributed by atoms with Crippen molar-refractivity contribution in [2.24, 2.45) is 5.73 Å². The zero-order valence-corrected chi connectivity index (χ0v) is 9.37. The van der Waals surface area contributed by atoms with Gasteiger partial charge in [-0.3, -0.25) is 0 Å². The van der Waals surface area contributed by atoms with Crippen LogP contribution in [0.4, 0.5) is 8.78 Å². The first kappa shape index (κ1) is 13.3. The lowest BCUT2D eigenvalue weighted by Crippen LogP contribution is -2.14. The Labute approximate surface area is 96.5 Å². The fourth-order valence-corrected chi connectivity index (χ4v) is 1.43. The molecule has 1 rings (SSSR count). The molecule has 0 amide bonds. The zero-order chi connectivity index (χ0) is 13.0. The van der Waals surface area contributed by atoms with Gasteiger partial charge in [0.2, 0.25) is 0 Å². The number of halogens is 2. The molecular weight excluding hydrogens is 234 g/mol. The van der Waals surface area contributed by atoms with Gasteiger partial charge in [-0.1, -0.05) is 0 Å². The second-order valence-corrected chi connectivity index (χ2v) is 3.06. The van der Waals surface area contributed by atoms with Crippen molar-refractivity contribution in [3.05, 3.63) is 23.0 Å². The van der Waals surface area contributed by atoms with Gasteiger partial charge in [-0.25, -0.2) is 18.6 Å². The number of hydrogen-bond acceptors (Lipinski definition) is 5. The molecule has 0 aliphatic heterocycles. The smallest absolute Gasteiger partial charge is 0.357 e. The van der Waals surface area contributed by atoms with Crippen LogP contribution < -0.4 is 10.5 Å². The first-order chi connectivity index (χ1) is 8.06. The van der Waals surface area contributed by atoms with Gasteiger partial charge in [-0.05, 0) is 0 Å². The third-order valence-electron chi connectivity index (χ3n) is 2.21. The molecule has 0 spiro atoms. The van der Waals surface area contributed by atoms with Crippen molar-refractivity contribution in [2.75, 3.05) is 14.2 Å². The average molecular weight is 246 g/mol. The topological polar surface area (TPSA) is 74.4 Å². The molecule has 1 aromatic heterocycles. The highest BCUT2D eigenvalue weighted by Gasteiger charge is 2.26. The number of carbonyl (C=O) groups is 1. The number of pyridine rings is 1. The molecule has 17 heavy (non-hydrogen) atoms. The summed E-state index contributed by atoms with van der Waals surface area (Å²) in [5.74, 6) is -0.812. The molecule has 0 aliphatic rings. The van der Waals surface area contributed by atoms with Gasteiger partial charge in [0.25, 0.3) is 6.43 Å². The van der Waals surface area contributed by atoms with Crippen LogP contribution in [0.15, 0.2) is 6.20 Å². The molecule has 7 heteroatoms. The number of hydrogen-bond donors (Lipinski definition) is 1. The van der Waals surface area contributed by atoms with Crippen molar-refractivity contribution in [1.82, 2.24) is 4.98 Å². The van der Waals surface area contributed by atoms with E-state index in [0.717, 1.165) is 7.11 Å². The number of esters is 1. The molecule has 5 nitrogen and oxygen atoms in total. The predicted molar refractivity (Wildman–Crippen MR) is 55.0 cm³/mol. The second kappa shape index (κ2) is 5.53. The van der Waals surface area contributed by atoms with Crippen molar-refractivity contribution < 1.29 is 23.0 Å². The van der Waals surface area contributed by atoms with Gasteiger partial charge in [0.1, 0.15) is 5.75 Å². The predicted octanol–water partition coefficient (Wildman–Crippen LogP) is 1.27. The maximum absolute atomic E-state index is 12.9. The maximum Gasteiger partial charge on any atom is 0.357 e. The lowest BCUT2D eigenvalue weighted by atomic mass is 10.1. The Morgan fingerprint density at radius 1 is 1.53 bits per heavy atom. The van der Waals surface area contributed by atoms with Gasteiger partial charge in [-0.2, -0.15) is 0 Å². The third-order valence-corrected chi connectivity index (χ3v) is 2.21.